The Morgan fingerprint density at radius 2 is 1.83 bits per heavy atom. The van der Waals surface area contributed by atoms with Crippen LogP contribution in [0.5, 0.6) is 17.2 Å². The minimum atomic E-state index is -4.57. The van der Waals surface area contributed by atoms with E-state index in [0.29, 0.717) is 6.07 Å². The van der Waals surface area contributed by atoms with Gasteiger partial charge in [0.2, 0.25) is 5.75 Å². The third-order valence-electron chi connectivity index (χ3n) is 3.89. The molecule has 0 saturated heterocycles. The highest BCUT2D eigenvalue weighted by Crippen LogP contribution is 2.48. The number of hydrogen-bond donors (Lipinski definition) is 0. The molecule has 0 spiro atoms. The van der Waals surface area contributed by atoms with Gasteiger partial charge in [-0.2, -0.15) is 13.2 Å². The SMILES string of the molecule is COP(=O)(COc1cc(Oc2ccc(C(F)(F)F)cc2Cl)ccc1[N+](=O)[O-])N(C)C. The summed E-state index contributed by atoms with van der Waals surface area (Å²) < 4.78 is 67.8. The van der Waals surface area contributed by atoms with E-state index in [2.05, 4.69) is 0 Å². The Hall–Kier alpha value is -2.33. The molecule has 0 N–H and O–H groups in total. The van der Waals surface area contributed by atoms with Crippen LogP contribution in [0, 0.1) is 10.1 Å². The maximum absolute atomic E-state index is 12.8. The zero-order valence-electron chi connectivity index (χ0n) is 16.0. The Balaban J connectivity index is 2.32. The van der Waals surface area contributed by atoms with Gasteiger partial charge in [0, 0.05) is 19.2 Å². The van der Waals surface area contributed by atoms with Crippen LogP contribution in [-0.2, 0) is 15.3 Å². The Morgan fingerprint density at radius 3 is 2.33 bits per heavy atom. The molecule has 0 aromatic heterocycles. The molecule has 0 aliphatic carbocycles. The lowest BCUT2D eigenvalue weighted by molar-refractivity contribution is -0.385. The van der Waals surface area contributed by atoms with Crippen LogP contribution in [0.3, 0.4) is 0 Å². The van der Waals surface area contributed by atoms with Crippen molar-refractivity contribution in [2.24, 2.45) is 0 Å². The second-order valence-corrected chi connectivity index (χ2v) is 9.18. The van der Waals surface area contributed by atoms with Crippen molar-refractivity contribution >= 4 is 24.8 Å². The molecule has 0 aliphatic rings. The summed E-state index contributed by atoms with van der Waals surface area (Å²) in [6.07, 6.45) is -5.06. The van der Waals surface area contributed by atoms with Gasteiger partial charge in [-0.15, -0.1) is 0 Å². The number of benzene rings is 2. The van der Waals surface area contributed by atoms with E-state index in [4.69, 9.17) is 25.6 Å². The van der Waals surface area contributed by atoms with Gasteiger partial charge in [0.05, 0.1) is 15.5 Å². The van der Waals surface area contributed by atoms with Crippen molar-refractivity contribution < 1.29 is 36.7 Å². The number of nitro groups is 1. The summed E-state index contributed by atoms with van der Waals surface area (Å²) in [5, 5.41) is 10.9. The molecule has 0 fully saturated rings. The fourth-order valence-electron chi connectivity index (χ4n) is 2.19. The van der Waals surface area contributed by atoms with Crippen LogP contribution < -0.4 is 9.47 Å². The summed E-state index contributed by atoms with van der Waals surface area (Å²) >= 11 is 5.86. The first kappa shape index (κ1) is 23.9. The van der Waals surface area contributed by atoms with Gasteiger partial charge < -0.3 is 14.0 Å². The number of halogens is 4. The molecule has 2 aromatic carbocycles. The van der Waals surface area contributed by atoms with Gasteiger partial charge in [0.15, 0.2) is 6.35 Å². The molecule has 8 nitrogen and oxygen atoms in total. The number of nitrogens with zero attached hydrogens (tertiary/aromatic N) is 2. The lowest BCUT2D eigenvalue weighted by Crippen LogP contribution is -2.15. The van der Waals surface area contributed by atoms with E-state index < -0.39 is 36.2 Å². The first-order valence-electron chi connectivity index (χ1n) is 8.16. The average Bonchev–Trinajstić information content (AvgIpc) is 2.66. The van der Waals surface area contributed by atoms with E-state index >= 15 is 0 Å². The van der Waals surface area contributed by atoms with E-state index in [1.807, 2.05) is 0 Å². The maximum Gasteiger partial charge on any atom is 0.416 e. The van der Waals surface area contributed by atoms with Gasteiger partial charge in [-0.25, -0.2) is 4.67 Å². The number of nitro benzene ring substituents is 1. The highest BCUT2D eigenvalue weighted by molar-refractivity contribution is 7.56. The number of rotatable bonds is 8. The molecule has 0 aliphatic heterocycles. The molecule has 164 valence electrons. The van der Waals surface area contributed by atoms with Crippen LogP contribution in [0.25, 0.3) is 0 Å². The average molecular weight is 469 g/mol. The van der Waals surface area contributed by atoms with Gasteiger partial charge in [0.25, 0.3) is 0 Å². The zero-order valence-corrected chi connectivity index (χ0v) is 17.6. The Kier molecular flexibility index (Phi) is 7.36. The van der Waals surface area contributed by atoms with Crippen LogP contribution >= 0.6 is 19.1 Å². The molecule has 2 rings (SSSR count). The maximum atomic E-state index is 12.8. The molecule has 30 heavy (non-hydrogen) atoms. The van der Waals surface area contributed by atoms with Crippen molar-refractivity contribution in [3.05, 3.63) is 57.1 Å². The van der Waals surface area contributed by atoms with Crippen molar-refractivity contribution in [2.45, 2.75) is 6.18 Å². The number of ether oxygens (including phenoxy) is 2. The van der Waals surface area contributed by atoms with Crippen molar-refractivity contribution in [1.29, 1.82) is 0 Å². The van der Waals surface area contributed by atoms with Crippen LogP contribution in [0.1, 0.15) is 5.56 Å². The Morgan fingerprint density at radius 1 is 1.17 bits per heavy atom. The van der Waals surface area contributed by atoms with Crippen LogP contribution in [-0.4, -0.2) is 37.1 Å². The minimum Gasteiger partial charge on any atom is -0.475 e. The summed E-state index contributed by atoms with van der Waals surface area (Å²) in [4.78, 5) is 10.5. The van der Waals surface area contributed by atoms with Crippen LogP contribution in [0.4, 0.5) is 18.9 Å². The zero-order chi connectivity index (χ0) is 22.7. The molecule has 1 atom stereocenters. The number of alkyl halides is 3. The summed E-state index contributed by atoms with van der Waals surface area (Å²) in [5.74, 6) is -0.352. The summed E-state index contributed by atoms with van der Waals surface area (Å²) in [7, 11) is 0.823. The summed E-state index contributed by atoms with van der Waals surface area (Å²) in [6, 6.07) is 5.96. The minimum absolute atomic E-state index is 0.00867. The Bertz CT molecular complexity index is 986. The van der Waals surface area contributed by atoms with Gasteiger partial charge in [-0.1, -0.05) is 11.6 Å². The molecule has 2 aromatic rings. The first-order valence-corrected chi connectivity index (χ1v) is 10.3. The third kappa shape index (κ3) is 5.63. The molecular weight excluding hydrogens is 452 g/mol. The smallest absolute Gasteiger partial charge is 0.416 e. The van der Waals surface area contributed by atoms with Gasteiger partial charge in [-0.05, 0) is 38.4 Å². The molecule has 0 radical (unpaired) electrons. The van der Waals surface area contributed by atoms with Crippen molar-refractivity contribution in [3.8, 4) is 17.2 Å². The van der Waals surface area contributed by atoms with Crippen molar-refractivity contribution in [2.75, 3.05) is 27.6 Å². The second-order valence-electron chi connectivity index (χ2n) is 6.07. The lowest BCUT2D eigenvalue weighted by atomic mass is 10.2. The molecule has 0 saturated carbocycles. The largest absolute Gasteiger partial charge is 0.475 e. The lowest BCUT2D eigenvalue weighted by Gasteiger charge is -2.22. The summed E-state index contributed by atoms with van der Waals surface area (Å²) in [5.41, 5.74) is -1.38. The third-order valence-corrected chi connectivity index (χ3v) is 6.43. The molecular formula is C17H17ClF3N2O6P. The normalized spacial score (nSPS) is 13.7. The van der Waals surface area contributed by atoms with Gasteiger partial charge >= 0.3 is 19.4 Å². The predicted molar refractivity (Wildman–Crippen MR) is 103 cm³/mol. The van der Waals surface area contributed by atoms with Gasteiger partial charge in [-0.3, -0.25) is 14.7 Å². The standard InChI is InChI=1S/C17H17ClF3N2O6P/c1-22(2)30(26,27-3)10-28-16-9-12(5-6-14(16)23(24)25)29-15-7-4-11(8-13(15)18)17(19,20)21/h4-9H,10H2,1-3H3. The van der Waals surface area contributed by atoms with Gasteiger partial charge in [0.1, 0.15) is 11.5 Å². The van der Waals surface area contributed by atoms with Crippen molar-refractivity contribution in [3.63, 3.8) is 0 Å². The highest BCUT2D eigenvalue weighted by atomic mass is 35.5. The molecule has 0 amide bonds. The summed E-state index contributed by atoms with van der Waals surface area (Å²) in [6.45, 7) is 0. The van der Waals surface area contributed by atoms with E-state index in [1.165, 1.54) is 31.9 Å². The monoisotopic (exact) mass is 468 g/mol. The van der Waals surface area contributed by atoms with E-state index in [1.54, 1.807) is 0 Å². The topological polar surface area (TPSA) is 91.1 Å². The quantitative estimate of drug-likeness (QED) is 0.275. The fraction of sp³-hybridized carbons (Fsp3) is 0.294. The van der Waals surface area contributed by atoms with E-state index in [0.717, 1.165) is 24.3 Å². The predicted octanol–water partition coefficient (Wildman–Crippen LogP) is 5.80. The van der Waals surface area contributed by atoms with Crippen molar-refractivity contribution in [1.82, 2.24) is 4.67 Å². The second kappa shape index (κ2) is 9.22. The number of hydrogen-bond acceptors (Lipinski definition) is 6. The fourth-order valence-corrected chi connectivity index (χ4v) is 3.38. The Labute approximate surface area is 174 Å². The highest BCUT2D eigenvalue weighted by Gasteiger charge is 2.31. The molecule has 0 bridgehead atoms. The molecule has 1 unspecified atom stereocenters. The van der Waals surface area contributed by atoms with E-state index in [-0.39, 0.29) is 22.3 Å². The first-order chi connectivity index (χ1) is 13.9. The molecule has 13 heteroatoms. The van der Waals surface area contributed by atoms with Crippen LogP contribution in [0.2, 0.25) is 5.02 Å². The van der Waals surface area contributed by atoms with E-state index in [9.17, 15) is 27.9 Å². The van der Waals surface area contributed by atoms with Crippen LogP contribution in [0.15, 0.2) is 36.4 Å². The molecule has 0 heterocycles.